The van der Waals surface area contributed by atoms with Crippen LogP contribution in [-0.2, 0) is 17.4 Å². The summed E-state index contributed by atoms with van der Waals surface area (Å²) in [4.78, 5) is 16.2. The highest BCUT2D eigenvalue weighted by Gasteiger charge is 2.25. The Balaban J connectivity index is 1.92. The fraction of sp³-hybridized carbons (Fsp3) is 0.389. The van der Waals surface area contributed by atoms with Crippen molar-refractivity contribution in [3.63, 3.8) is 0 Å². The summed E-state index contributed by atoms with van der Waals surface area (Å²) < 4.78 is 14.5. The van der Waals surface area contributed by atoms with Crippen LogP contribution in [0.3, 0.4) is 0 Å². The lowest BCUT2D eigenvalue weighted by molar-refractivity contribution is -0.114. The zero-order chi connectivity index (χ0) is 19.9. The van der Waals surface area contributed by atoms with Gasteiger partial charge in [-0.15, -0.1) is 0 Å². The molecule has 1 aromatic heterocycles. The average Bonchev–Trinajstić information content (AvgIpc) is 3.07. The van der Waals surface area contributed by atoms with Gasteiger partial charge in [0.1, 0.15) is 18.0 Å². The molecular weight excluding hydrogens is 351 g/mol. The third kappa shape index (κ3) is 6.37. The van der Waals surface area contributed by atoms with Gasteiger partial charge in [-0.2, -0.15) is 5.10 Å². The lowest BCUT2D eigenvalue weighted by Gasteiger charge is -2.23. The zero-order valence-electron chi connectivity index (χ0n) is 15.7. The van der Waals surface area contributed by atoms with Crippen LogP contribution in [-0.4, -0.2) is 46.4 Å². The largest absolute Gasteiger partial charge is 0.383 e. The van der Waals surface area contributed by atoms with E-state index in [2.05, 4.69) is 26.0 Å². The van der Waals surface area contributed by atoms with Crippen molar-refractivity contribution in [3.8, 4) is 0 Å². The molecule has 8 nitrogen and oxygen atoms in total. The number of carbonyl (C=O) groups is 1. The number of benzene rings is 1. The van der Waals surface area contributed by atoms with Gasteiger partial charge in [0.05, 0.1) is 12.7 Å². The molecule has 1 aromatic carbocycles. The number of guanidine groups is 1. The van der Waals surface area contributed by atoms with Gasteiger partial charge in [0.2, 0.25) is 5.91 Å². The number of halogens is 1. The molecule has 1 atom stereocenters. The number of aryl methyl sites for hydroxylation is 1. The number of aromatic nitrogens is 2. The number of nitrogens with zero attached hydrogens (tertiary/aromatic N) is 3. The molecule has 0 aliphatic carbocycles. The lowest BCUT2D eigenvalue weighted by Crippen LogP contribution is -2.44. The predicted octanol–water partition coefficient (Wildman–Crippen LogP) is 0.960. The molecule has 1 unspecified atom stereocenters. The van der Waals surface area contributed by atoms with Crippen LogP contribution in [0.5, 0.6) is 0 Å². The van der Waals surface area contributed by atoms with Crippen LogP contribution in [0.2, 0.25) is 0 Å². The van der Waals surface area contributed by atoms with Gasteiger partial charge in [0.15, 0.2) is 5.96 Å². The Bertz CT molecular complexity index is 785. The Labute approximate surface area is 157 Å². The number of hydrogen-bond donors (Lipinski definition) is 4. The molecule has 1 heterocycles. The van der Waals surface area contributed by atoms with Crippen molar-refractivity contribution in [2.24, 2.45) is 12.0 Å². The minimum atomic E-state index is -1.15. The third-order valence-corrected chi connectivity index (χ3v) is 3.78. The molecule has 0 fully saturated rings. The number of carbonyl (C=O) groups excluding carboxylic acids is 1. The van der Waals surface area contributed by atoms with Crippen LogP contribution < -0.4 is 16.0 Å². The maximum atomic E-state index is 12.9. The Kier molecular flexibility index (Phi) is 6.89. The maximum Gasteiger partial charge on any atom is 0.246 e. The normalized spacial score (nSPS) is 13.7. The molecule has 9 heteroatoms. The van der Waals surface area contributed by atoms with Crippen molar-refractivity contribution in [2.75, 3.05) is 25.0 Å². The summed E-state index contributed by atoms with van der Waals surface area (Å²) in [5.41, 5.74) is 0.0114. The lowest BCUT2D eigenvalue weighted by atomic mass is 10.00. The Morgan fingerprint density at radius 1 is 1.33 bits per heavy atom. The Hall–Kier alpha value is -2.94. The second kappa shape index (κ2) is 9.13. The van der Waals surface area contributed by atoms with Crippen LogP contribution in [0.25, 0.3) is 0 Å². The molecule has 1 amide bonds. The van der Waals surface area contributed by atoms with Gasteiger partial charge < -0.3 is 21.1 Å². The van der Waals surface area contributed by atoms with Crippen LogP contribution in [0, 0.1) is 5.82 Å². The first-order valence-corrected chi connectivity index (χ1v) is 8.59. The molecule has 4 N–H and O–H groups in total. The summed E-state index contributed by atoms with van der Waals surface area (Å²) in [6.45, 7) is 4.23. The van der Waals surface area contributed by atoms with E-state index in [9.17, 15) is 14.3 Å². The molecule has 0 radical (unpaired) electrons. The van der Waals surface area contributed by atoms with E-state index < -0.39 is 5.60 Å². The SMILES string of the molecule is CCNC(=NCC(=O)Nc1ccc(F)cc1)NCC(C)(O)c1cnn(C)c1. The van der Waals surface area contributed by atoms with Gasteiger partial charge in [-0.1, -0.05) is 0 Å². The van der Waals surface area contributed by atoms with Gasteiger partial charge in [-0.3, -0.25) is 9.48 Å². The minimum Gasteiger partial charge on any atom is -0.383 e. The van der Waals surface area contributed by atoms with Crippen molar-refractivity contribution in [1.29, 1.82) is 0 Å². The van der Waals surface area contributed by atoms with Crippen LogP contribution in [0.1, 0.15) is 19.4 Å². The number of hydrogen-bond acceptors (Lipinski definition) is 4. The average molecular weight is 376 g/mol. The third-order valence-electron chi connectivity index (χ3n) is 3.78. The highest BCUT2D eigenvalue weighted by atomic mass is 19.1. The predicted molar refractivity (Wildman–Crippen MR) is 102 cm³/mol. The molecule has 0 saturated carbocycles. The highest BCUT2D eigenvalue weighted by Crippen LogP contribution is 2.18. The quantitative estimate of drug-likeness (QED) is 0.426. The summed E-state index contributed by atoms with van der Waals surface area (Å²) in [5.74, 6) is -0.306. The van der Waals surface area contributed by atoms with Crippen molar-refractivity contribution in [2.45, 2.75) is 19.4 Å². The molecule has 27 heavy (non-hydrogen) atoms. The summed E-state index contributed by atoms with van der Waals surface area (Å²) >= 11 is 0. The molecule has 0 aliphatic heterocycles. The number of amides is 1. The monoisotopic (exact) mass is 376 g/mol. The molecule has 0 spiro atoms. The first kappa shape index (κ1) is 20.4. The number of anilines is 1. The van der Waals surface area contributed by atoms with E-state index in [4.69, 9.17) is 0 Å². The number of aliphatic hydroxyl groups is 1. The van der Waals surface area contributed by atoms with E-state index in [0.717, 1.165) is 0 Å². The molecule has 2 rings (SSSR count). The maximum absolute atomic E-state index is 12.9. The highest BCUT2D eigenvalue weighted by molar-refractivity contribution is 5.94. The summed E-state index contributed by atoms with van der Waals surface area (Å²) in [5, 5.41) is 23.3. The standard InChI is InChI=1S/C18H25FN6O2/c1-4-20-17(22-12-18(2,27)13-9-23-25(3)11-13)21-10-16(26)24-15-7-5-14(19)6-8-15/h5-9,11,27H,4,10,12H2,1-3H3,(H,24,26)(H2,20,21,22). The van der Waals surface area contributed by atoms with Crippen molar-refractivity contribution < 1.29 is 14.3 Å². The Morgan fingerprint density at radius 2 is 2.04 bits per heavy atom. The van der Waals surface area contributed by atoms with Gasteiger partial charge >= 0.3 is 0 Å². The van der Waals surface area contributed by atoms with Gasteiger partial charge in [-0.25, -0.2) is 9.38 Å². The first-order valence-electron chi connectivity index (χ1n) is 8.59. The number of nitrogens with one attached hydrogen (secondary N) is 3. The van der Waals surface area contributed by atoms with Gasteiger partial charge in [-0.05, 0) is 38.1 Å². The fourth-order valence-electron chi connectivity index (χ4n) is 2.28. The van der Waals surface area contributed by atoms with E-state index >= 15 is 0 Å². The van der Waals surface area contributed by atoms with Crippen LogP contribution in [0.15, 0.2) is 41.7 Å². The minimum absolute atomic E-state index is 0.123. The number of rotatable bonds is 7. The molecular formula is C18H25FN6O2. The molecule has 146 valence electrons. The van der Waals surface area contributed by atoms with Crippen LogP contribution >= 0.6 is 0 Å². The van der Waals surface area contributed by atoms with E-state index in [1.54, 1.807) is 31.0 Å². The first-order chi connectivity index (χ1) is 12.8. The van der Waals surface area contributed by atoms with Crippen molar-refractivity contribution >= 4 is 17.6 Å². The Morgan fingerprint density at radius 3 is 2.63 bits per heavy atom. The van der Waals surface area contributed by atoms with E-state index in [0.29, 0.717) is 23.8 Å². The van der Waals surface area contributed by atoms with E-state index in [-0.39, 0.29) is 24.8 Å². The zero-order valence-corrected chi connectivity index (χ0v) is 15.7. The second-order valence-electron chi connectivity index (χ2n) is 6.28. The molecule has 0 saturated heterocycles. The van der Waals surface area contributed by atoms with Crippen molar-refractivity contribution in [1.82, 2.24) is 20.4 Å². The van der Waals surface area contributed by atoms with Crippen molar-refractivity contribution in [3.05, 3.63) is 48.0 Å². The summed E-state index contributed by atoms with van der Waals surface area (Å²) in [6, 6.07) is 5.49. The number of aliphatic imine (C=N–C) groups is 1. The summed E-state index contributed by atoms with van der Waals surface area (Å²) in [7, 11) is 1.78. The van der Waals surface area contributed by atoms with E-state index in [1.165, 1.54) is 24.3 Å². The second-order valence-corrected chi connectivity index (χ2v) is 6.28. The molecule has 0 bridgehead atoms. The summed E-state index contributed by atoms with van der Waals surface area (Å²) in [6.07, 6.45) is 3.34. The van der Waals surface area contributed by atoms with Gasteiger partial charge in [0, 0.05) is 31.0 Å². The fourth-order valence-corrected chi connectivity index (χ4v) is 2.28. The van der Waals surface area contributed by atoms with E-state index in [1.807, 2.05) is 6.92 Å². The van der Waals surface area contributed by atoms with Gasteiger partial charge in [0.25, 0.3) is 0 Å². The smallest absolute Gasteiger partial charge is 0.246 e. The van der Waals surface area contributed by atoms with Crippen LogP contribution in [0.4, 0.5) is 10.1 Å². The topological polar surface area (TPSA) is 104 Å². The molecule has 2 aromatic rings. The molecule has 0 aliphatic rings.